The average Bonchev–Trinajstić information content (AvgIpc) is 2.17. The predicted octanol–water partition coefficient (Wildman–Crippen LogP) is 1.96. The monoisotopic (exact) mass is 208 g/mol. The fourth-order valence-electron chi connectivity index (χ4n) is 1.09. The van der Waals surface area contributed by atoms with Crippen LogP contribution in [0.25, 0.3) is 0 Å². The topological polar surface area (TPSA) is 63.1 Å². The molecule has 0 aliphatic heterocycles. The highest BCUT2D eigenvalue weighted by molar-refractivity contribution is 5.78. The van der Waals surface area contributed by atoms with Gasteiger partial charge in [-0.1, -0.05) is 13.8 Å². The van der Waals surface area contributed by atoms with E-state index in [-0.39, 0.29) is 5.92 Å². The van der Waals surface area contributed by atoms with Crippen molar-refractivity contribution in [3.8, 4) is 0 Å². The molecule has 0 bridgehead atoms. The van der Waals surface area contributed by atoms with Crippen LogP contribution in [0.5, 0.6) is 0 Å². The summed E-state index contributed by atoms with van der Waals surface area (Å²) in [5.41, 5.74) is -0.167. The number of carboxylic acids is 1. The zero-order valence-electron chi connectivity index (χ0n) is 9.48. The van der Waals surface area contributed by atoms with Crippen molar-refractivity contribution in [2.75, 3.05) is 0 Å². The van der Waals surface area contributed by atoms with Gasteiger partial charge in [0.15, 0.2) is 0 Å². The lowest BCUT2D eigenvalue weighted by atomic mass is 9.92. The molecule has 4 heteroatoms. The van der Waals surface area contributed by atoms with E-state index in [1.807, 2.05) is 19.9 Å². The van der Waals surface area contributed by atoms with Crippen LogP contribution >= 0.6 is 0 Å². The Labute approximate surface area is 89.4 Å². The van der Waals surface area contributed by atoms with Gasteiger partial charge >= 0.3 is 5.97 Å². The Morgan fingerprint density at radius 3 is 2.53 bits per heavy atom. The van der Waals surface area contributed by atoms with Crippen LogP contribution < -0.4 is 0 Å². The van der Waals surface area contributed by atoms with Gasteiger partial charge in [0.1, 0.15) is 11.2 Å². The van der Waals surface area contributed by atoms with Crippen LogP contribution in [0, 0.1) is 0 Å². The normalized spacial score (nSPS) is 11.8. The van der Waals surface area contributed by atoms with E-state index < -0.39 is 11.4 Å². The number of carbonyl (C=O) groups is 1. The van der Waals surface area contributed by atoms with Gasteiger partial charge in [0.25, 0.3) is 0 Å². The van der Waals surface area contributed by atoms with Crippen LogP contribution in [-0.4, -0.2) is 21.0 Å². The van der Waals surface area contributed by atoms with Crippen molar-refractivity contribution in [2.45, 2.75) is 39.0 Å². The van der Waals surface area contributed by atoms with E-state index in [4.69, 9.17) is 5.11 Å². The molecule has 0 spiro atoms. The second kappa shape index (κ2) is 3.96. The molecule has 0 saturated heterocycles. The molecule has 4 nitrogen and oxygen atoms in total. The molecule has 1 N–H and O–H groups in total. The Morgan fingerprint density at radius 1 is 1.47 bits per heavy atom. The van der Waals surface area contributed by atoms with Gasteiger partial charge in [-0.3, -0.25) is 4.79 Å². The molecule has 0 saturated carbocycles. The predicted molar refractivity (Wildman–Crippen MR) is 56.8 cm³/mol. The summed E-state index contributed by atoms with van der Waals surface area (Å²) in [5.74, 6) is -0.277. The first-order chi connectivity index (χ1) is 6.85. The maximum absolute atomic E-state index is 11.0. The molecule has 0 atom stereocenters. The molecular formula is C11H16N2O2. The largest absolute Gasteiger partial charge is 0.481 e. The molecule has 0 aliphatic rings. The maximum Gasteiger partial charge on any atom is 0.316 e. The van der Waals surface area contributed by atoms with Crippen LogP contribution in [0.3, 0.4) is 0 Å². The van der Waals surface area contributed by atoms with Crippen molar-refractivity contribution in [2.24, 2.45) is 0 Å². The quantitative estimate of drug-likeness (QED) is 0.824. The third-order valence-corrected chi connectivity index (χ3v) is 2.36. The molecule has 0 amide bonds. The lowest BCUT2D eigenvalue weighted by molar-refractivity contribution is -0.142. The number of carboxylic acid groups (broad SMARTS) is 1. The molecule has 0 unspecified atom stereocenters. The van der Waals surface area contributed by atoms with E-state index in [0.717, 1.165) is 5.69 Å². The minimum atomic E-state index is -1.04. The number of hydrogen-bond donors (Lipinski definition) is 1. The molecule has 0 aromatic carbocycles. The van der Waals surface area contributed by atoms with Crippen molar-refractivity contribution in [3.63, 3.8) is 0 Å². The van der Waals surface area contributed by atoms with Crippen LogP contribution in [0.1, 0.15) is 45.1 Å². The minimum Gasteiger partial charge on any atom is -0.481 e. The fourth-order valence-corrected chi connectivity index (χ4v) is 1.09. The van der Waals surface area contributed by atoms with Gasteiger partial charge in [0.05, 0.1) is 0 Å². The Hall–Kier alpha value is -1.45. The van der Waals surface area contributed by atoms with Crippen LogP contribution in [-0.2, 0) is 10.2 Å². The number of aliphatic carboxylic acids is 1. The summed E-state index contributed by atoms with van der Waals surface area (Å²) in [5, 5.41) is 9.04. The molecule has 1 aromatic rings. The Balaban J connectivity index is 3.16. The van der Waals surface area contributed by atoms with Gasteiger partial charge in [-0.15, -0.1) is 0 Å². The van der Waals surface area contributed by atoms with E-state index in [9.17, 15) is 4.79 Å². The minimum absolute atomic E-state index is 0.274. The molecule has 82 valence electrons. The zero-order valence-corrected chi connectivity index (χ0v) is 9.48. The van der Waals surface area contributed by atoms with E-state index in [2.05, 4.69) is 9.97 Å². The second-order valence-corrected chi connectivity index (χ2v) is 4.39. The molecule has 0 aliphatic carbocycles. The van der Waals surface area contributed by atoms with Crippen molar-refractivity contribution in [1.29, 1.82) is 0 Å². The molecule has 1 heterocycles. The van der Waals surface area contributed by atoms with Gasteiger partial charge < -0.3 is 5.11 Å². The SMILES string of the molecule is CC(C)c1ccnc(C(C)(C)C(=O)O)n1. The van der Waals surface area contributed by atoms with Crippen molar-refractivity contribution >= 4 is 5.97 Å². The first-order valence-corrected chi connectivity index (χ1v) is 4.92. The third-order valence-electron chi connectivity index (χ3n) is 2.36. The molecule has 0 radical (unpaired) electrons. The van der Waals surface area contributed by atoms with E-state index >= 15 is 0 Å². The summed E-state index contributed by atoms with van der Waals surface area (Å²) >= 11 is 0. The lowest BCUT2D eigenvalue weighted by Gasteiger charge is -2.18. The summed E-state index contributed by atoms with van der Waals surface area (Å²) in [6.45, 7) is 7.24. The second-order valence-electron chi connectivity index (χ2n) is 4.39. The molecule has 15 heavy (non-hydrogen) atoms. The summed E-state index contributed by atoms with van der Waals surface area (Å²) < 4.78 is 0. The van der Waals surface area contributed by atoms with Crippen molar-refractivity contribution < 1.29 is 9.90 Å². The third kappa shape index (κ3) is 2.32. The summed E-state index contributed by atoms with van der Waals surface area (Å²) in [6.07, 6.45) is 1.61. The zero-order chi connectivity index (χ0) is 11.6. The first-order valence-electron chi connectivity index (χ1n) is 4.92. The summed E-state index contributed by atoms with van der Waals surface area (Å²) in [4.78, 5) is 19.3. The highest BCUT2D eigenvalue weighted by Gasteiger charge is 2.32. The van der Waals surface area contributed by atoms with Crippen molar-refractivity contribution in [1.82, 2.24) is 9.97 Å². The van der Waals surface area contributed by atoms with Gasteiger partial charge in [0, 0.05) is 11.9 Å². The number of aromatic nitrogens is 2. The van der Waals surface area contributed by atoms with Gasteiger partial charge in [0.2, 0.25) is 0 Å². The lowest BCUT2D eigenvalue weighted by Crippen LogP contribution is -2.31. The number of hydrogen-bond acceptors (Lipinski definition) is 3. The van der Waals surface area contributed by atoms with E-state index in [1.165, 1.54) is 0 Å². The molecular weight excluding hydrogens is 192 g/mol. The Kier molecular flexibility index (Phi) is 3.07. The van der Waals surface area contributed by atoms with Crippen LogP contribution in [0.2, 0.25) is 0 Å². The van der Waals surface area contributed by atoms with E-state index in [1.54, 1.807) is 20.0 Å². The average molecular weight is 208 g/mol. The first kappa shape index (κ1) is 11.6. The van der Waals surface area contributed by atoms with Crippen LogP contribution in [0.4, 0.5) is 0 Å². The molecule has 1 aromatic heterocycles. The summed E-state index contributed by atoms with van der Waals surface area (Å²) in [6, 6.07) is 1.81. The highest BCUT2D eigenvalue weighted by atomic mass is 16.4. The Morgan fingerprint density at radius 2 is 2.07 bits per heavy atom. The van der Waals surface area contributed by atoms with Crippen molar-refractivity contribution in [3.05, 3.63) is 23.8 Å². The Bertz CT molecular complexity index is 373. The smallest absolute Gasteiger partial charge is 0.316 e. The number of rotatable bonds is 3. The highest BCUT2D eigenvalue weighted by Crippen LogP contribution is 2.21. The van der Waals surface area contributed by atoms with Crippen LogP contribution in [0.15, 0.2) is 12.3 Å². The number of nitrogens with zero attached hydrogens (tertiary/aromatic N) is 2. The molecule has 1 rings (SSSR count). The summed E-state index contributed by atoms with van der Waals surface area (Å²) in [7, 11) is 0. The fraction of sp³-hybridized carbons (Fsp3) is 0.545. The molecule has 0 fully saturated rings. The standard InChI is InChI=1S/C11H16N2O2/c1-7(2)8-5-6-12-9(13-8)11(3,4)10(14)15/h5-7H,1-4H3,(H,14,15). The van der Waals surface area contributed by atoms with Gasteiger partial charge in [-0.25, -0.2) is 9.97 Å². The van der Waals surface area contributed by atoms with Gasteiger partial charge in [-0.05, 0) is 25.8 Å². The van der Waals surface area contributed by atoms with E-state index in [0.29, 0.717) is 5.82 Å². The van der Waals surface area contributed by atoms with Gasteiger partial charge in [-0.2, -0.15) is 0 Å². The maximum atomic E-state index is 11.0.